The zero-order valence-electron chi connectivity index (χ0n) is 23.9. The van der Waals surface area contributed by atoms with E-state index in [1.54, 1.807) is 24.3 Å². The van der Waals surface area contributed by atoms with Crippen molar-refractivity contribution in [1.82, 2.24) is 25.1 Å². The number of aromatic nitrogens is 2. The number of anilines is 1. The van der Waals surface area contributed by atoms with Crippen molar-refractivity contribution in [2.24, 2.45) is 15.9 Å². The van der Waals surface area contributed by atoms with Gasteiger partial charge in [-0.05, 0) is 64.0 Å². The molecule has 2 aliphatic rings. The molecule has 2 atom stereocenters. The molecule has 1 unspecified atom stereocenters. The maximum Gasteiger partial charge on any atom is 0.418 e. The number of carboxylic acid groups (broad SMARTS) is 1. The van der Waals surface area contributed by atoms with Crippen LogP contribution >= 0.6 is 11.5 Å². The topological polar surface area (TPSA) is 283 Å². The molecule has 2 saturated heterocycles. The number of nitrogen functional groups attached to an aromatic ring is 1. The molecule has 2 amide bonds. The molecule has 1 aromatic heterocycles. The number of carboxylic acids is 1. The Morgan fingerprint density at radius 3 is 2.49 bits per heavy atom. The highest BCUT2D eigenvalue weighted by Crippen LogP contribution is 2.33. The first-order chi connectivity index (χ1) is 21.2. The summed E-state index contributed by atoms with van der Waals surface area (Å²) in [5.41, 5.74) is 10.3. The lowest BCUT2D eigenvalue weighted by Crippen LogP contribution is -2.76. The summed E-state index contributed by atoms with van der Waals surface area (Å²) in [6, 6.07) is 5.29. The van der Waals surface area contributed by atoms with Crippen molar-refractivity contribution in [2.45, 2.75) is 50.4 Å². The molecule has 2 aliphatic heterocycles. The predicted octanol–water partition coefficient (Wildman–Crippen LogP) is -1.33. The van der Waals surface area contributed by atoms with Crippen molar-refractivity contribution in [3.05, 3.63) is 35.7 Å². The fraction of sp³-hybridized carbons (Fsp3) is 0.458. The van der Waals surface area contributed by atoms with Gasteiger partial charge >= 0.3 is 16.4 Å². The second-order valence-electron chi connectivity index (χ2n) is 10.4. The molecule has 3 heterocycles. The van der Waals surface area contributed by atoms with E-state index in [-0.39, 0.29) is 17.0 Å². The molecule has 21 heteroatoms. The van der Waals surface area contributed by atoms with Crippen molar-refractivity contribution in [2.75, 3.05) is 25.4 Å². The molecule has 45 heavy (non-hydrogen) atoms. The van der Waals surface area contributed by atoms with E-state index in [4.69, 9.17) is 25.6 Å². The number of rotatable bonds is 13. The molecule has 0 saturated carbocycles. The fourth-order valence-electron chi connectivity index (χ4n) is 4.30. The number of hydrogen-bond acceptors (Lipinski definition) is 15. The number of amides is 2. The molecule has 0 aliphatic carbocycles. The first-order valence-corrected chi connectivity index (χ1v) is 15.4. The number of nitrogens with two attached hydrogens (primary N) is 2. The zero-order valence-corrected chi connectivity index (χ0v) is 25.6. The van der Waals surface area contributed by atoms with E-state index in [1.165, 1.54) is 13.8 Å². The number of oxime groups is 1. The van der Waals surface area contributed by atoms with Crippen molar-refractivity contribution >= 4 is 56.4 Å². The lowest BCUT2D eigenvalue weighted by atomic mass is 9.84. The molecule has 2 fully saturated rings. The SMILES string of the molecule is CC1(C)[C@H](NC(=O)/C(=N\OC(COc2ccc(C(N)=NC3CCNCC3)cc2)C(=O)O)c2nsc(N)n2)C(=O)N1OS(=O)(=O)O. The van der Waals surface area contributed by atoms with Crippen LogP contribution in [-0.2, 0) is 33.9 Å². The third kappa shape index (κ3) is 8.39. The lowest BCUT2D eigenvalue weighted by Gasteiger charge is -2.50. The minimum atomic E-state index is -5.02. The summed E-state index contributed by atoms with van der Waals surface area (Å²) in [4.78, 5) is 51.0. The van der Waals surface area contributed by atoms with Gasteiger partial charge in [-0.1, -0.05) is 5.16 Å². The number of benzene rings is 1. The normalized spacial score (nSPS) is 19.8. The summed E-state index contributed by atoms with van der Waals surface area (Å²) in [7, 11) is -5.02. The first kappa shape index (κ1) is 33.5. The summed E-state index contributed by atoms with van der Waals surface area (Å²) in [6.45, 7) is 3.90. The number of piperidine rings is 1. The van der Waals surface area contributed by atoms with Gasteiger partial charge in [0.2, 0.25) is 11.5 Å². The summed E-state index contributed by atoms with van der Waals surface area (Å²) >= 11 is 0.706. The van der Waals surface area contributed by atoms with Crippen LogP contribution in [0.4, 0.5) is 5.13 Å². The molecule has 4 rings (SSSR count). The predicted molar refractivity (Wildman–Crippen MR) is 157 cm³/mol. The lowest BCUT2D eigenvalue weighted by molar-refractivity contribution is -0.218. The van der Waals surface area contributed by atoms with E-state index in [1.807, 2.05) is 0 Å². The molecule has 244 valence electrons. The van der Waals surface area contributed by atoms with Crippen LogP contribution in [0.1, 0.15) is 38.1 Å². The van der Waals surface area contributed by atoms with Gasteiger partial charge in [0.05, 0.1) is 11.6 Å². The molecule has 1 aromatic carbocycles. The van der Waals surface area contributed by atoms with E-state index in [2.05, 4.69) is 34.4 Å². The minimum absolute atomic E-state index is 0.0544. The Kier molecular flexibility index (Phi) is 10.2. The smallest absolute Gasteiger partial charge is 0.418 e. The summed E-state index contributed by atoms with van der Waals surface area (Å²) < 4.78 is 44.7. The average Bonchev–Trinajstić information content (AvgIpc) is 3.41. The van der Waals surface area contributed by atoms with Crippen LogP contribution in [0.15, 0.2) is 34.4 Å². The van der Waals surface area contributed by atoms with E-state index in [0.717, 1.165) is 25.9 Å². The van der Waals surface area contributed by atoms with E-state index in [0.29, 0.717) is 33.7 Å². The number of carbonyl (C=O) groups is 3. The van der Waals surface area contributed by atoms with Gasteiger partial charge in [-0.15, -0.1) is 4.28 Å². The van der Waals surface area contributed by atoms with Crippen molar-refractivity contribution < 1.29 is 46.3 Å². The highest BCUT2D eigenvalue weighted by atomic mass is 32.3. The number of β-lactam (4-membered cyclic amide) rings is 1. The molecule has 19 nitrogen and oxygen atoms in total. The van der Waals surface area contributed by atoms with Gasteiger partial charge in [0.1, 0.15) is 24.2 Å². The van der Waals surface area contributed by atoms with Gasteiger partial charge in [0.25, 0.3) is 17.9 Å². The van der Waals surface area contributed by atoms with E-state index >= 15 is 0 Å². The third-order valence-electron chi connectivity index (χ3n) is 6.72. The van der Waals surface area contributed by atoms with Gasteiger partial charge in [-0.2, -0.15) is 22.8 Å². The van der Waals surface area contributed by atoms with Crippen molar-refractivity contribution in [3.63, 3.8) is 0 Å². The Hall–Kier alpha value is -4.44. The average molecular weight is 670 g/mol. The standard InChI is InChI=1S/C24H31N9O10S2/c1-24(2)17(21(35)33(24)43-45(38,39)40)29-20(34)16(19-30-23(26)44-32-19)31-42-15(22(36)37)11-41-14-5-3-12(4-6-14)18(25)28-13-7-9-27-10-8-13/h3-6,13,15,17,27H,7-11H2,1-2H3,(H2,25,28)(H,29,34)(H,36,37)(H2,26,30,32)(H,38,39,40)/b31-16-/t15?,17-/m1/s1. The van der Waals surface area contributed by atoms with Gasteiger partial charge < -0.3 is 36.8 Å². The number of hydrogen-bond donors (Lipinski definition) is 6. The third-order valence-corrected chi connectivity index (χ3v) is 7.60. The molecular formula is C24H31N9O10S2. The van der Waals surface area contributed by atoms with Crippen LogP contribution in [0.25, 0.3) is 0 Å². The number of hydroxylamine groups is 2. The van der Waals surface area contributed by atoms with Crippen LogP contribution in [0, 0.1) is 0 Å². The zero-order chi connectivity index (χ0) is 32.9. The summed E-state index contributed by atoms with van der Waals surface area (Å²) in [5.74, 6) is -3.25. The molecule has 0 bridgehead atoms. The minimum Gasteiger partial charge on any atom is -0.489 e. The Morgan fingerprint density at radius 2 is 1.93 bits per heavy atom. The number of aliphatic imine (C=N–C) groups is 1. The monoisotopic (exact) mass is 669 g/mol. The highest BCUT2D eigenvalue weighted by Gasteiger charge is 2.58. The van der Waals surface area contributed by atoms with Gasteiger partial charge in [-0.3, -0.25) is 19.1 Å². The highest BCUT2D eigenvalue weighted by molar-refractivity contribution is 7.80. The van der Waals surface area contributed by atoms with Gasteiger partial charge in [0.15, 0.2) is 5.13 Å². The van der Waals surface area contributed by atoms with E-state index in [9.17, 15) is 27.9 Å². The maximum atomic E-state index is 13.1. The van der Waals surface area contributed by atoms with Crippen LogP contribution in [0.2, 0.25) is 0 Å². The fourth-order valence-corrected chi connectivity index (χ4v) is 5.19. The van der Waals surface area contributed by atoms with Gasteiger partial charge in [0, 0.05) is 17.1 Å². The van der Waals surface area contributed by atoms with Crippen LogP contribution in [0.5, 0.6) is 5.75 Å². The van der Waals surface area contributed by atoms with Crippen LogP contribution < -0.4 is 26.8 Å². The molecule has 2 aromatic rings. The number of amidine groups is 1. The summed E-state index contributed by atoms with van der Waals surface area (Å²) in [5, 5.41) is 19.2. The number of aliphatic carboxylic acids is 1. The Balaban J connectivity index is 1.43. The van der Waals surface area contributed by atoms with Crippen molar-refractivity contribution in [1.29, 1.82) is 0 Å². The van der Waals surface area contributed by atoms with Gasteiger partial charge in [-0.25, -0.2) is 4.79 Å². The molecular weight excluding hydrogens is 638 g/mol. The van der Waals surface area contributed by atoms with E-state index < -0.39 is 58.2 Å². The number of nitrogens with zero attached hydrogens (tertiary/aromatic N) is 5. The summed E-state index contributed by atoms with van der Waals surface area (Å²) in [6.07, 6.45) is 0.0604. The van der Waals surface area contributed by atoms with Crippen LogP contribution in [0.3, 0.4) is 0 Å². The largest absolute Gasteiger partial charge is 0.489 e. The Morgan fingerprint density at radius 1 is 1.27 bits per heavy atom. The molecule has 0 radical (unpaired) electrons. The number of carbonyl (C=O) groups excluding carboxylic acids is 2. The number of ether oxygens (including phenoxy) is 1. The van der Waals surface area contributed by atoms with Crippen molar-refractivity contribution in [3.8, 4) is 5.75 Å². The molecule has 8 N–H and O–H groups in total. The maximum absolute atomic E-state index is 13.1. The Labute approximate surface area is 260 Å². The first-order valence-electron chi connectivity index (χ1n) is 13.3. The number of nitrogens with one attached hydrogen (secondary N) is 2. The second-order valence-corrected chi connectivity index (χ2v) is 12.1. The second kappa shape index (κ2) is 13.7. The molecule has 0 spiro atoms. The Bertz CT molecular complexity index is 1590. The quantitative estimate of drug-likeness (QED) is 0.0474. The van der Waals surface area contributed by atoms with Crippen LogP contribution in [-0.4, -0.2) is 105 Å².